The first-order valence-corrected chi connectivity index (χ1v) is 10.8. The average molecular weight is 435 g/mol. The van der Waals surface area contributed by atoms with Crippen molar-refractivity contribution in [3.63, 3.8) is 0 Å². The lowest BCUT2D eigenvalue weighted by Crippen LogP contribution is -2.45. The van der Waals surface area contributed by atoms with Crippen molar-refractivity contribution in [1.29, 1.82) is 0 Å². The second kappa shape index (κ2) is 9.04. The van der Waals surface area contributed by atoms with Crippen LogP contribution >= 0.6 is 0 Å². The number of pyridine rings is 2. The first-order valence-electron chi connectivity index (χ1n) is 10.8. The van der Waals surface area contributed by atoms with E-state index in [4.69, 9.17) is 0 Å². The standard InChI is InChI=1S/C25H27FN4O2/c1-4-29-16-20(22(31)10-9-18-7-5-17(2)6-8-18)23(32)19-15-21(26)25(27-24(19)29)30-13-11-28(3)12-14-30/h5-10,15-16H,4,11-14H2,1-3H3. The molecule has 3 heterocycles. The molecular weight excluding hydrogens is 407 g/mol. The molecule has 0 amide bonds. The molecule has 2 aromatic heterocycles. The van der Waals surface area contributed by atoms with Crippen molar-refractivity contribution in [3.8, 4) is 0 Å². The van der Waals surface area contributed by atoms with E-state index in [-0.39, 0.29) is 16.8 Å². The van der Waals surface area contributed by atoms with E-state index in [9.17, 15) is 14.0 Å². The third kappa shape index (κ3) is 4.34. The van der Waals surface area contributed by atoms with Gasteiger partial charge in [-0.05, 0) is 38.6 Å². The maximum atomic E-state index is 15.0. The third-order valence-corrected chi connectivity index (χ3v) is 5.90. The van der Waals surface area contributed by atoms with Gasteiger partial charge in [-0.1, -0.05) is 35.9 Å². The summed E-state index contributed by atoms with van der Waals surface area (Å²) in [7, 11) is 2.03. The Morgan fingerprint density at radius 2 is 1.84 bits per heavy atom. The van der Waals surface area contributed by atoms with Crippen molar-refractivity contribution >= 4 is 28.7 Å². The van der Waals surface area contributed by atoms with E-state index in [1.807, 2.05) is 50.1 Å². The van der Waals surface area contributed by atoms with Gasteiger partial charge in [0.05, 0.1) is 10.9 Å². The Bertz CT molecular complexity index is 1240. The molecule has 166 valence electrons. The number of halogens is 1. The van der Waals surface area contributed by atoms with E-state index in [2.05, 4.69) is 9.88 Å². The predicted molar refractivity (Wildman–Crippen MR) is 126 cm³/mol. The molecule has 7 heteroatoms. The van der Waals surface area contributed by atoms with E-state index < -0.39 is 17.0 Å². The first-order chi connectivity index (χ1) is 15.4. The number of hydrogen-bond donors (Lipinski definition) is 0. The molecule has 0 atom stereocenters. The first kappa shape index (κ1) is 21.9. The zero-order valence-corrected chi connectivity index (χ0v) is 18.6. The van der Waals surface area contributed by atoms with Gasteiger partial charge in [0.25, 0.3) is 0 Å². The molecule has 0 unspecified atom stereocenters. The summed E-state index contributed by atoms with van der Waals surface area (Å²) in [4.78, 5) is 34.5. The van der Waals surface area contributed by atoms with Crippen LogP contribution in [-0.4, -0.2) is 53.5 Å². The highest BCUT2D eigenvalue weighted by molar-refractivity contribution is 6.08. The number of benzene rings is 1. The van der Waals surface area contributed by atoms with Crippen LogP contribution in [0.2, 0.25) is 0 Å². The van der Waals surface area contributed by atoms with Gasteiger partial charge in [-0.15, -0.1) is 0 Å². The highest BCUT2D eigenvalue weighted by atomic mass is 19.1. The van der Waals surface area contributed by atoms with Crippen LogP contribution < -0.4 is 10.3 Å². The normalized spacial score (nSPS) is 15.1. The number of rotatable bonds is 5. The number of allylic oxidation sites excluding steroid dienone is 1. The summed E-state index contributed by atoms with van der Waals surface area (Å²) in [5.41, 5.74) is 1.90. The largest absolute Gasteiger partial charge is 0.352 e. The molecule has 0 spiro atoms. The zero-order chi connectivity index (χ0) is 22.8. The molecule has 6 nitrogen and oxygen atoms in total. The molecule has 1 saturated heterocycles. The highest BCUT2D eigenvalue weighted by Gasteiger charge is 2.22. The summed E-state index contributed by atoms with van der Waals surface area (Å²) in [6, 6.07) is 8.95. The maximum Gasteiger partial charge on any atom is 0.202 e. The summed E-state index contributed by atoms with van der Waals surface area (Å²) >= 11 is 0. The molecule has 4 rings (SSSR count). The minimum Gasteiger partial charge on any atom is -0.352 e. The van der Waals surface area contributed by atoms with E-state index in [1.165, 1.54) is 18.3 Å². The van der Waals surface area contributed by atoms with Crippen LogP contribution in [0, 0.1) is 12.7 Å². The van der Waals surface area contributed by atoms with Crippen LogP contribution in [-0.2, 0) is 6.54 Å². The molecule has 0 N–H and O–H groups in total. The second-order valence-corrected chi connectivity index (χ2v) is 8.22. The molecule has 1 aliphatic rings. The average Bonchev–Trinajstić information content (AvgIpc) is 2.79. The van der Waals surface area contributed by atoms with E-state index >= 15 is 0 Å². The van der Waals surface area contributed by atoms with Crippen LogP contribution in [0.4, 0.5) is 10.2 Å². The summed E-state index contributed by atoms with van der Waals surface area (Å²) in [6.07, 6.45) is 4.60. The van der Waals surface area contributed by atoms with E-state index in [0.29, 0.717) is 25.3 Å². The second-order valence-electron chi connectivity index (χ2n) is 8.22. The van der Waals surface area contributed by atoms with Crippen LogP contribution in [0.15, 0.2) is 47.4 Å². The molecule has 0 saturated carbocycles. The van der Waals surface area contributed by atoms with Gasteiger partial charge in [0.1, 0.15) is 5.65 Å². The molecule has 1 aliphatic heterocycles. The molecule has 1 fully saturated rings. The Morgan fingerprint density at radius 3 is 2.50 bits per heavy atom. The molecule has 0 aliphatic carbocycles. The highest BCUT2D eigenvalue weighted by Crippen LogP contribution is 2.22. The van der Waals surface area contributed by atoms with E-state index in [0.717, 1.165) is 24.2 Å². The summed E-state index contributed by atoms with van der Waals surface area (Å²) < 4.78 is 16.7. The van der Waals surface area contributed by atoms with Crippen LogP contribution in [0.3, 0.4) is 0 Å². The number of likely N-dealkylation sites (N-methyl/N-ethyl adjacent to an activating group) is 1. The van der Waals surface area contributed by atoms with Gasteiger partial charge in [-0.3, -0.25) is 9.59 Å². The van der Waals surface area contributed by atoms with Gasteiger partial charge in [-0.2, -0.15) is 0 Å². The number of nitrogens with zero attached hydrogens (tertiary/aromatic N) is 4. The molecule has 1 aromatic carbocycles. The summed E-state index contributed by atoms with van der Waals surface area (Å²) in [5.74, 6) is -0.699. The molecular formula is C25H27FN4O2. The fraction of sp³-hybridized carbons (Fsp3) is 0.320. The fourth-order valence-electron chi connectivity index (χ4n) is 3.87. The van der Waals surface area contributed by atoms with E-state index in [1.54, 1.807) is 10.6 Å². The van der Waals surface area contributed by atoms with Gasteiger partial charge in [0, 0.05) is 38.9 Å². The number of carbonyl (C=O) groups is 1. The van der Waals surface area contributed by atoms with Crippen molar-refractivity contribution in [1.82, 2.24) is 14.5 Å². The topological polar surface area (TPSA) is 58.4 Å². The Labute approximate surface area is 186 Å². The number of ketones is 1. The number of aromatic nitrogens is 2. The predicted octanol–water partition coefficient (Wildman–Crippen LogP) is 3.51. The fourth-order valence-corrected chi connectivity index (χ4v) is 3.87. The summed E-state index contributed by atoms with van der Waals surface area (Å²) in [5, 5.41) is 0.122. The summed E-state index contributed by atoms with van der Waals surface area (Å²) in [6.45, 7) is 7.37. The monoisotopic (exact) mass is 434 g/mol. The van der Waals surface area contributed by atoms with Crippen molar-refractivity contribution in [2.24, 2.45) is 0 Å². The molecule has 32 heavy (non-hydrogen) atoms. The molecule has 0 bridgehead atoms. The molecule has 0 radical (unpaired) electrons. The van der Waals surface area contributed by atoms with Crippen molar-refractivity contribution in [2.45, 2.75) is 20.4 Å². The Balaban J connectivity index is 1.73. The van der Waals surface area contributed by atoms with Crippen molar-refractivity contribution in [3.05, 3.63) is 75.3 Å². The molecule has 3 aromatic rings. The van der Waals surface area contributed by atoms with Gasteiger partial charge in [0.15, 0.2) is 17.4 Å². The number of piperazine rings is 1. The smallest absolute Gasteiger partial charge is 0.202 e. The Kier molecular flexibility index (Phi) is 6.19. The lowest BCUT2D eigenvalue weighted by Gasteiger charge is -2.33. The minimum absolute atomic E-state index is 0.0104. The zero-order valence-electron chi connectivity index (χ0n) is 18.6. The number of fused-ring (bicyclic) bond motifs is 1. The van der Waals surface area contributed by atoms with Gasteiger partial charge in [-0.25, -0.2) is 9.37 Å². The SMILES string of the molecule is CCn1cc(C(=O)C=Cc2ccc(C)cc2)c(=O)c2cc(F)c(N3CCN(C)CC3)nc21. The van der Waals surface area contributed by atoms with Crippen LogP contribution in [0.1, 0.15) is 28.4 Å². The van der Waals surface area contributed by atoms with Gasteiger partial charge in [0.2, 0.25) is 5.43 Å². The maximum absolute atomic E-state index is 15.0. The Morgan fingerprint density at radius 1 is 1.16 bits per heavy atom. The van der Waals surface area contributed by atoms with Gasteiger partial charge >= 0.3 is 0 Å². The number of hydrogen-bond acceptors (Lipinski definition) is 5. The minimum atomic E-state index is -0.540. The number of aryl methyl sites for hydroxylation is 2. The van der Waals surface area contributed by atoms with Crippen LogP contribution in [0.25, 0.3) is 17.1 Å². The third-order valence-electron chi connectivity index (χ3n) is 5.90. The lowest BCUT2D eigenvalue weighted by atomic mass is 10.1. The quantitative estimate of drug-likeness (QED) is 0.454. The Hall–Kier alpha value is -3.32. The van der Waals surface area contributed by atoms with Gasteiger partial charge < -0.3 is 14.4 Å². The lowest BCUT2D eigenvalue weighted by molar-refractivity contribution is 0.104. The van der Waals surface area contributed by atoms with Crippen LogP contribution in [0.5, 0.6) is 0 Å². The van der Waals surface area contributed by atoms with Crippen molar-refractivity contribution < 1.29 is 9.18 Å². The number of carbonyl (C=O) groups excluding carboxylic acids is 1. The van der Waals surface area contributed by atoms with Crippen molar-refractivity contribution in [2.75, 3.05) is 38.1 Å². The number of anilines is 1.